The van der Waals surface area contributed by atoms with Crippen molar-refractivity contribution in [2.45, 2.75) is 32.6 Å². The van der Waals surface area contributed by atoms with Crippen LogP contribution in [-0.2, 0) is 14.9 Å². The highest BCUT2D eigenvalue weighted by molar-refractivity contribution is 7.87. The summed E-state index contributed by atoms with van der Waals surface area (Å²) in [4.78, 5) is 0. The summed E-state index contributed by atoms with van der Waals surface area (Å²) in [6, 6.07) is 0. The van der Waals surface area contributed by atoms with Crippen LogP contribution in [0.2, 0.25) is 0 Å². The van der Waals surface area contributed by atoms with Gasteiger partial charge in [-0.3, -0.25) is 0 Å². The van der Waals surface area contributed by atoms with Gasteiger partial charge in [0.25, 0.3) is 10.2 Å². The quantitative estimate of drug-likeness (QED) is 0.579. The molecule has 6 nitrogen and oxygen atoms in total. The predicted octanol–water partition coefficient (Wildman–Crippen LogP) is 0.569. The lowest BCUT2D eigenvalue weighted by Gasteiger charge is -2.24. The highest BCUT2D eigenvalue weighted by Crippen LogP contribution is 2.13. The zero-order valence-electron chi connectivity index (χ0n) is 12.7. The van der Waals surface area contributed by atoms with Gasteiger partial charge in [0.05, 0.1) is 0 Å². The molecule has 1 heterocycles. The molecule has 0 radical (unpaired) electrons. The zero-order valence-corrected chi connectivity index (χ0v) is 13.5. The first-order valence-electron chi connectivity index (χ1n) is 7.55. The summed E-state index contributed by atoms with van der Waals surface area (Å²) in [7, 11) is -1.71. The van der Waals surface area contributed by atoms with E-state index in [9.17, 15) is 8.42 Å². The van der Waals surface area contributed by atoms with Crippen molar-refractivity contribution in [1.29, 1.82) is 0 Å². The van der Waals surface area contributed by atoms with Crippen LogP contribution in [0.15, 0.2) is 0 Å². The molecule has 1 rings (SSSR count). The maximum absolute atomic E-state index is 12.1. The maximum Gasteiger partial charge on any atom is 0.279 e. The van der Waals surface area contributed by atoms with Crippen molar-refractivity contribution in [3.8, 4) is 0 Å². The number of hydrogen-bond donors (Lipinski definition) is 2. The van der Waals surface area contributed by atoms with Crippen LogP contribution in [0.1, 0.15) is 32.6 Å². The number of ether oxygens (including phenoxy) is 1. The van der Waals surface area contributed by atoms with Crippen LogP contribution < -0.4 is 10.0 Å². The second kappa shape index (κ2) is 9.68. The van der Waals surface area contributed by atoms with Crippen LogP contribution in [0.4, 0.5) is 0 Å². The molecule has 0 unspecified atom stereocenters. The Morgan fingerprint density at radius 3 is 2.60 bits per heavy atom. The van der Waals surface area contributed by atoms with Gasteiger partial charge in [0, 0.05) is 33.4 Å². The molecule has 2 N–H and O–H groups in total. The molecule has 1 aliphatic heterocycles. The molecule has 20 heavy (non-hydrogen) atoms. The van der Waals surface area contributed by atoms with E-state index in [0.717, 1.165) is 52.0 Å². The van der Waals surface area contributed by atoms with Crippen LogP contribution >= 0.6 is 0 Å². The molecule has 0 saturated carbocycles. The van der Waals surface area contributed by atoms with Gasteiger partial charge in [-0.05, 0) is 44.7 Å². The first-order chi connectivity index (χ1) is 9.56. The second-order valence-electron chi connectivity index (χ2n) is 5.33. The molecule has 0 aromatic carbocycles. The normalized spacial score (nSPS) is 17.8. The summed E-state index contributed by atoms with van der Waals surface area (Å²) in [5.74, 6) is 0.401. The summed E-state index contributed by atoms with van der Waals surface area (Å²) < 4.78 is 33.5. The SMILES string of the molecule is CCCNCCCN(C)S(=O)(=O)NCC1CCOCC1. The van der Waals surface area contributed by atoms with Crippen molar-refractivity contribution in [3.63, 3.8) is 0 Å². The summed E-state index contributed by atoms with van der Waals surface area (Å²) in [6.45, 7) is 6.50. The molecule has 0 aromatic rings. The van der Waals surface area contributed by atoms with Gasteiger partial charge < -0.3 is 10.1 Å². The Morgan fingerprint density at radius 2 is 1.95 bits per heavy atom. The van der Waals surface area contributed by atoms with E-state index < -0.39 is 10.2 Å². The van der Waals surface area contributed by atoms with Gasteiger partial charge in [-0.25, -0.2) is 4.72 Å². The molecule has 0 aromatic heterocycles. The molecule has 1 saturated heterocycles. The Labute approximate surface area is 123 Å². The van der Waals surface area contributed by atoms with Gasteiger partial charge in [0.1, 0.15) is 0 Å². The average Bonchev–Trinajstić information content (AvgIpc) is 2.46. The first kappa shape index (κ1) is 17.8. The molecule has 1 fully saturated rings. The van der Waals surface area contributed by atoms with Crippen molar-refractivity contribution in [1.82, 2.24) is 14.3 Å². The second-order valence-corrected chi connectivity index (χ2v) is 7.20. The van der Waals surface area contributed by atoms with Crippen LogP contribution in [0.3, 0.4) is 0 Å². The summed E-state index contributed by atoms with van der Waals surface area (Å²) in [5.41, 5.74) is 0. The Kier molecular flexibility index (Phi) is 8.63. The van der Waals surface area contributed by atoms with E-state index in [1.54, 1.807) is 7.05 Å². The molecular weight excluding hydrogens is 278 g/mol. The van der Waals surface area contributed by atoms with E-state index in [1.165, 1.54) is 4.31 Å². The van der Waals surface area contributed by atoms with Crippen molar-refractivity contribution in [2.24, 2.45) is 5.92 Å². The fraction of sp³-hybridized carbons (Fsp3) is 1.00. The van der Waals surface area contributed by atoms with E-state index in [0.29, 0.717) is 19.0 Å². The van der Waals surface area contributed by atoms with E-state index in [2.05, 4.69) is 17.0 Å². The molecule has 7 heteroatoms. The minimum atomic E-state index is -3.34. The summed E-state index contributed by atoms with van der Waals surface area (Å²) in [6.07, 6.45) is 3.80. The van der Waals surface area contributed by atoms with Crippen LogP contribution in [0, 0.1) is 5.92 Å². The number of hydrogen-bond acceptors (Lipinski definition) is 4. The van der Waals surface area contributed by atoms with Crippen molar-refractivity contribution >= 4 is 10.2 Å². The third-order valence-corrected chi connectivity index (χ3v) is 5.09. The summed E-state index contributed by atoms with van der Waals surface area (Å²) >= 11 is 0. The molecule has 0 aliphatic carbocycles. The molecular formula is C13H29N3O3S. The number of rotatable bonds is 10. The zero-order chi connectivity index (χ0) is 14.8. The first-order valence-corrected chi connectivity index (χ1v) is 8.99. The van der Waals surface area contributed by atoms with E-state index >= 15 is 0 Å². The Bertz CT molecular complexity index is 343. The fourth-order valence-electron chi connectivity index (χ4n) is 2.13. The molecule has 0 bridgehead atoms. The molecule has 120 valence electrons. The third kappa shape index (κ3) is 6.99. The van der Waals surface area contributed by atoms with Gasteiger partial charge in [-0.15, -0.1) is 0 Å². The average molecular weight is 307 g/mol. The van der Waals surface area contributed by atoms with Gasteiger partial charge in [-0.2, -0.15) is 12.7 Å². The topological polar surface area (TPSA) is 70.7 Å². The molecule has 1 aliphatic rings. The minimum absolute atomic E-state index is 0.401. The Morgan fingerprint density at radius 1 is 1.25 bits per heavy atom. The third-order valence-electron chi connectivity index (χ3n) is 3.56. The molecule has 0 atom stereocenters. The van der Waals surface area contributed by atoms with Crippen LogP contribution in [-0.4, -0.2) is 59.2 Å². The Balaban J connectivity index is 2.20. The standard InChI is InChI=1S/C13H29N3O3S/c1-3-7-14-8-4-9-16(2)20(17,18)15-12-13-5-10-19-11-6-13/h13-15H,3-12H2,1-2H3. The monoisotopic (exact) mass is 307 g/mol. The highest BCUT2D eigenvalue weighted by Gasteiger charge is 2.20. The number of nitrogens with one attached hydrogen (secondary N) is 2. The lowest BCUT2D eigenvalue weighted by Crippen LogP contribution is -2.42. The lowest BCUT2D eigenvalue weighted by molar-refractivity contribution is 0.0677. The van der Waals surface area contributed by atoms with Gasteiger partial charge in [0.2, 0.25) is 0 Å². The van der Waals surface area contributed by atoms with Gasteiger partial charge in [-0.1, -0.05) is 6.92 Å². The van der Waals surface area contributed by atoms with Crippen molar-refractivity contribution in [2.75, 3.05) is 46.4 Å². The highest BCUT2D eigenvalue weighted by atomic mass is 32.2. The smallest absolute Gasteiger partial charge is 0.279 e. The minimum Gasteiger partial charge on any atom is -0.381 e. The van der Waals surface area contributed by atoms with E-state index in [1.807, 2.05) is 0 Å². The van der Waals surface area contributed by atoms with Gasteiger partial charge in [0.15, 0.2) is 0 Å². The molecule has 0 amide bonds. The van der Waals surface area contributed by atoms with Crippen LogP contribution in [0.5, 0.6) is 0 Å². The largest absolute Gasteiger partial charge is 0.381 e. The predicted molar refractivity (Wildman–Crippen MR) is 80.9 cm³/mol. The van der Waals surface area contributed by atoms with E-state index in [4.69, 9.17) is 4.74 Å². The maximum atomic E-state index is 12.1. The van der Waals surface area contributed by atoms with E-state index in [-0.39, 0.29) is 0 Å². The van der Waals surface area contributed by atoms with Crippen molar-refractivity contribution < 1.29 is 13.2 Å². The lowest BCUT2D eigenvalue weighted by atomic mass is 10.0. The van der Waals surface area contributed by atoms with Gasteiger partial charge >= 0.3 is 0 Å². The fourth-order valence-corrected chi connectivity index (χ4v) is 3.17. The number of nitrogens with zero attached hydrogens (tertiary/aromatic N) is 1. The summed E-state index contributed by atoms with van der Waals surface area (Å²) in [5, 5.41) is 3.27. The molecule has 0 spiro atoms. The van der Waals surface area contributed by atoms with Crippen molar-refractivity contribution in [3.05, 3.63) is 0 Å². The van der Waals surface area contributed by atoms with Crippen LogP contribution in [0.25, 0.3) is 0 Å². The Hall–Kier alpha value is -0.210.